The number of hydrogen-bond acceptors (Lipinski definition) is 5. The molecule has 0 bridgehead atoms. The van der Waals surface area contributed by atoms with Crippen LogP contribution in [0.3, 0.4) is 0 Å². The van der Waals surface area contributed by atoms with Crippen molar-refractivity contribution in [3.63, 3.8) is 0 Å². The highest BCUT2D eigenvalue weighted by Crippen LogP contribution is 2.22. The Bertz CT molecular complexity index is 855. The largest absolute Gasteiger partial charge is 0.494 e. The van der Waals surface area contributed by atoms with E-state index >= 15 is 0 Å². The van der Waals surface area contributed by atoms with Gasteiger partial charge in [0.25, 0.3) is 11.6 Å². The summed E-state index contributed by atoms with van der Waals surface area (Å²) >= 11 is 5.13. The van der Waals surface area contributed by atoms with Gasteiger partial charge in [0, 0.05) is 22.9 Å². The van der Waals surface area contributed by atoms with Gasteiger partial charge in [0.05, 0.1) is 11.5 Å². The predicted molar refractivity (Wildman–Crippen MR) is 108 cm³/mol. The zero-order valence-corrected chi connectivity index (χ0v) is 16.0. The fraction of sp³-hybridized carbons (Fsp3) is 0.263. The maximum Gasteiger partial charge on any atom is 0.274 e. The highest BCUT2D eigenvalue weighted by molar-refractivity contribution is 7.80. The molecule has 0 spiro atoms. The summed E-state index contributed by atoms with van der Waals surface area (Å²) in [5, 5.41) is 16.4. The maximum atomic E-state index is 12.4. The summed E-state index contributed by atoms with van der Waals surface area (Å²) in [5.41, 5.74) is 1.35. The molecule has 2 aromatic carbocycles. The molecule has 0 aliphatic heterocycles. The number of benzene rings is 2. The number of nitrogens with zero attached hydrogens (tertiary/aromatic N) is 1. The van der Waals surface area contributed by atoms with Crippen molar-refractivity contribution >= 4 is 34.6 Å². The molecule has 0 radical (unpaired) electrons. The van der Waals surface area contributed by atoms with Crippen molar-refractivity contribution in [1.29, 1.82) is 0 Å². The van der Waals surface area contributed by atoms with E-state index in [0.717, 1.165) is 12.8 Å². The van der Waals surface area contributed by atoms with Gasteiger partial charge in [-0.15, -0.1) is 0 Å². The molecule has 0 heterocycles. The van der Waals surface area contributed by atoms with Crippen molar-refractivity contribution in [3.8, 4) is 5.75 Å². The SMILES string of the molecule is CCCCOc1cccc(C(=O)NC(=S)Nc2ccc(C)c([N+](=O)[O-])c2)c1. The van der Waals surface area contributed by atoms with Crippen LogP contribution in [0.25, 0.3) is 0 Å². The fourth-order valence-electron chi connectivity index (χ4n) is 2.28. The Kier molecular flexibility index (Phi) is 7.25. The van der Waals surface area contributed by atoms with E-state index in [2.05, 4.69) is 17.6 Å². The monoisotopic (exact) mass is 387 g/mol. The van der Waals surface area contributed by atoms with Gasteiger partial charge in [-0.1, -0.05) is 25.5 Å². The first-order valence-corrected chi connectivity index (χ1v) is 8.91. The number of carbonyl (C=O) groups is 1. The molecule has 2 N–H and O–H groups in total. The van der Waals surface area contributed by atoms with E-state index in [-0.39, 0.29) is 10.8 Å². The second-order valence-electron chi connectivity index (χ2n) is 5.90. The third-order valence-corrected chi connectivity index (χ3v) is 3.96. The zero-order valence-electron chi connectivity index (χ0n) is 15.2. The van der Waals surface area contributed by atoms with Crippen LogP contribution in [0.2, 0.25) is 0 Å². The highest BCUT2D eigenvalue weighted by atomic mass is 32.1. The van der Waals surface area contributed by atoms with Gasteiger partial charge in [-0.05, 0) is 49.8 Å². The van der Waals surface area contributed by atoms with Crippen LogP contribution in [0.15, 0.2) is 42.5 Å². The van der Waals surface area contributed by atoms with Crippen LogP contribution in [-0.4, -0.2) is 22.5 Å². The number of aryl methyl sites for hydroxylation is 1. The summed E-state index contributed by atoms with van der Waals surface area (Å²) in [6, 6.07) is 11.5. The Morgan fingerprint density at radius 3 is 2.74 bits per heavy atom. The molecule has 0 saturated carbocycles. The van der Waals surface area contributed by atoms with Gasteiger partial charge < -0.3 is 10.1 Å². The fourth-order valence-corrected chi connectivity index (χ4v) is 2.49. The number of anilines is 1. The highest BCUT2D eigenvalue weighted by Gasteiger charge is 2.13. The summed E-state index contributed by atoms with van der Waals surface area (Å²) in [6.45, 7) is 4.31. The van der Waals surface area contributed by atoms with E-state index in [1.165, 1.54) is 6.07 Å². The van der Waals surface area contributed by atoms with Crippen LogP contribution in [0.1, 0.15) is 35.7 Å². The van der Waals surface area contributed by atoms with E-state index in [1.54, 1.807) is 43.3 Å². The van der Waals surface area contributed by atoms with Crippen LogP contribution < -0.4 is 15.4 Å². The lowest BCUT2D eigenvalue weighted by atomic mass is 10.2. The van der Waals surface area contributed by atoms with Gasteiger partial charge in [-0.3, -0.25) is 20.2 Å². The minimum absolute atomic E-state index is 0.0222. The van der Waals surface area contributed by atoms with Gasteiger partial charge in [0.1, 0.15) is 5.75 Å². The molecule has 2 rings (SSSR count). The molecule has 8 heteroatoms. The van der Waals surface area contributed by atoms with Crippen LogP contribution in [0.4, 0.5) is 11.4 Å². The van der Waals surface area contributed by atoms with E-state index < -0.39 is 10.8 Å². The molecule has 0 unspecified atom stereocenters. The van der Waals surface area contributed by atoms with Crippen LogP contribution in [-0.2, 0) is 0 Å². The van der Waals surface area contributed by atoms with Gasteiger partial charge in [0.15, 0.2) is 5.11 Å². The van der Waals surface area contributed by atoms with Crippen molar-refractivity contribution < 1.29 is 14.5 Å². The summed E-state index contributed by atoms with van der Waals surface area (Å²) in [5.74, 6) is 0.221. The van der Waals surface area contributed by atoms with Crippen molar-refractivity contribution in [2.75, 3.05) is 11.9 Å². The average molecular weight is 387 g/mol. The lowest BCUT2D eigenvalue weighted by molar-refractivity contribution is -0.385. The molecule has 27 heavy (non-hydrogen) atoms. The number of rotatable bonds is 7. The smallest absolute Gasteiger partial charge is 0.274 e. The lowest BCUT2D eigenvalue weighted by Gasteiger charge is -2.11. The van der Waals surface area contributed by atoms with Crippen molar-refractivity contribution in [2.45, 2.75) is 26.7 Å². The summed E-state index contributed by atoms with van der Waals surface area (Å²) < 4.78 is 5.59. The van der Waals surface area contributed by atoms with E-state index in [9.17, 15) is 14.9 Å². The topological polar surface area (TPSA) is 93.5 Å². The molecular weight excluding hydrogens is 366 g/mol. The van der Waals surface area contributed by atoms with Gasteiger partial charge in [0.2, 0.25) is 0 Å². The molecule has 142 valence electrons. The number of nitrogens with one attached hydrogen (secondary N) is 2. The maximum absolute atomic E-state index is 12.4. The Hall–Kier alpha value is -3.00. The minimum atomic E-state index is -0.466. The van der Waals surface area contributed by atoms with Crippen molar-refractivity contribution in [3.05, 3.63) is 63.7 Å². The molecular formula is C19H21N3O4S. The number of amides is 1. The van der Waals surface area contributed by atoms with Crippen LogP contribution >= 0.6 is 12.2 Å². The first-order valence-electron chi connectivity index (χ1n) is 8.51. The van der Waals surface area contributed by atoms with Crippen LogP contribution in [0.5, 0.6) is 5.75 Å². The molecule has 0 aliphatic rings. The standard InChI is InChI=1S/C19H21N3O4S/c1-3-4-10-26-16-7-5-6-14(11-16)18(23)21-19(27)20-15-9-8-13(2)17(12-15)22(24)25/h5-9,11-12H,3-4,10H2,1-2H3,(H2,20,21,23,27). The number of ether oxygens (including phenoxy) is 1. The summed E-state index contributed by atoms with van der Waals surface area (Å²) in [6.07, 6.45) is 1.96. The number of unbranched alkanes of at least 4 members (excludes halogenated alkanes) is 1. The molecule has 0 aromatic heterocycles. The number of hydrogen-bond donors (Lipinski definition) is 2. The zero-order chi connectivity index (χ0) is 19.8. The van der Waals surface area contributed by atoms with E-state index in [4.69, 9.17) is 17.0 Å². The van der Waals surface area contributed by atoms with Crippen molar-refractivity contribution in [2.24, 2.45) is 0 Å². The molecule has 0 atom stereocenters. The number of carbonyl (C=O) groups excluding carboxylic acids is 1. The second-order valence-corrected chi connectivity index (χ2v) is 6.30. The first-order chi connectivity index (χ1) is 12.9. The normalized spacial score (nSPS) is 10.1. The van der Waals surface area contributed by atoms with Gasteiger partial charge in [-0.25, -0.2) is 0 Å². The van der Waals surface area contributed by atoms with Crippen LogP contribution in [0, 0.1) is 17.0 Å². The first kappa shape index (κ1) is 20.3. The van der Waals surface area contributed by atoms with E-state index in [0.29, 0.717) is 29.2 Å². The van der Waals surface area contributed by atoms with Gasteiger partial charge >= 0.3 is 0 Å². The molecule has 7 nitrogen and oxygen atoms in total. The third kappa shape index (κ3) is 6.03. The summed E-state index contributed by atoms with van der Waals surface area (Å²) in [4.78, 5) is 22.9. The minimum Gasteiger partial charge on any atom is -0.494 e. The molecule has 0 aliphatic carbocycles. The molecule has 1 amide bonds. The molecule has 0 saturated heterocycles. The quantitative estimate of drug-likeness (QED) is 0.320. The summed E-state index contributed by atoms with van der Waals surface area (Å²) in [7, 11) is 0. The number of nitro benzene ring substituents is 1. The second kappa shape index (κ2) is 9.63. The predicted octanol–water partition coefficient (Wildman–Crippen LogP) is 4.21. The third-order valence-electron chi connectivity index (χ3n) is 3.75. The van der Waals surface area contributed by atoms with E-state index in [1.807, 2.05) is 0 Å². The molecule has 2 aromatic rings. The number of nitro groups is 1. The average Bonchev–Trinajstić information content (AvgIpc) is 2.63. The Balaban J connectivity index is 1.99. The Morgan fingerprint density at radius 2 is 2.04 bits per heavy atom. The lowest BCUT2D eigenvalue weighted by Crippen LogP contribution is -2.34. The van der Waals surface area contributed by atoms with Crippen molar-refractivity contribution in [1.82, 2.24) is 5.32 Å². The Morgan fingerprint density at radius 1 is 1.26 bits per heavy atom. The van der Waals surface area contributed by atoms with Gasteiger partial charge in [-0.2, -0.15) is 0 Å². The Labute approximate surface area is 162 Å². The molecule has 0 fully saturated rings. The number of thiocarbonyl (C=S) groups is 1.